The fourth-order valence-corrected chi connectivity index (χ4v) is 2.34. The second kappa shape index (κ2) is 8.27. The number of halogens is 3. The fraction of sp³-hybridized carbons (Fsp3) is 0.545. The van der Waals surface area contributed by atoms with Crippen LogP contribution in [0.5, 0.6) is 0 Å². The second-order valence-corrected chi connectivity index (χ2v) is 4.69. The van der Waals surface area contributed by atoms with E-state index in [0.29, 0.717) is 6.04 Å². The highest BCUT2D eigenvalue weighted by molar-refractivity contribution is 9.10. The molecular weight excluding hydrogens is 325 g/mol. The van der Waals surface area contributed by atoms with Gasteiger partial charge in [-0.3, -0.25) is 4.90 Å². The van der Waals surface area contributed by atoms with Gasteiger partial charge in [-0.15, -0.1) is 24.8 Å². The largest absolute Gasteiger partial charge is 0.314 e. The van der Waals surface area contributed by atoms with Crippen LogP contribution in [0.15, 0.2) is 22.9 Å². The van der Waals surface area contributed by atoms with Crippen LogP contribution >= 0.6 is 40.7 Å². The normalized spacial score (nSPS) is 17.8. The first-order chi connectivity index (χ1) is 7.27. The Morgan fingerprint density at radius 3 is 2.59 bits per heavy atom. The molecule has 17 heavy (non-hydrogen) atoms. The highest BCUT2D eigenvalue weighted by Crippen LogP contribution is 2.21. The lowest BCUT2D eigenvalue weighted by atomic mass is 10.1. The van der Waals surface area contributed by atoms with Crippen LogP contribution in [0.25, 0.3) is 0 Å². The van der Waals surface area contributed by atoms with Crippen molar-refractivity contribution in [3.63, 3.8) is 0 Å². The van der Waals surface area contributed by atoms with Gasteiger partial charge in [0.25, 0.3) is 0 Å². The molecule has 0 saturated carbocycles. The molecule has 0 amide bonds. The summed E-state index contributed by atoms with van der Waals surface area (Å²) in [4.78, 5) is 6.65. The van der Waals surface area contributed by atoms with E-state index in [2.05, 4.69) is 50.2 Å². The minimum Gasteiger partial charge on any atom is -0.314 e. The highest BCUT2D eigenvalue weighted by Gasteiger charge is 2.17. The molecule has 1 aromatic heterocycles. The van der Waals surface area contributed by atoms with Crippen LogP contribution in [0.1, 0.15) is 18.5 Å². The van der Waals surface area contributed by atoms with Crippen molar-refractivity contribution in [3.05, 3.63) is 28.5 Å². The van der Waals surface area contributed by atoms with Crippen molar-refractivity contribution in [2.45, 2.75) is 13.0 Å². The Morgan fingerprint density at radius 1 is 1.35 bits per heavy atom. The smallest absolute Gasteiger partial charge is 0.106 e. The Kier molecular flexibility index (Phi) is 8.33. The summed E-state index contributed by atoms with van der Waals surface area (Å²) in [6.07, 6.45) is 1.86. The zero-order valence-corrected chi connectivity index (χ0v) is 12.9. The molecule has 3 nitrogen and oxygen atoms in total. The zero-order chi connectivity index (χ0) is 10.7. The van der Waals surface area contributed by atoms with E-state index in [-0.39, 0.29) is 24.8 Å². The summed E-state index contributed by atoms with van der Waals surface area (Å²) >= 11 is 3.41. The van der Waals surface area contributed by atoms with Crippen LogP contribution in [-0.2, 0) is 0 Å². The molecule has 0 spiro atoms. The fourth-order valence-electron chi connectivity index (χ4n) is 1.96. The number of nitrogens with zero attached hydrogens (tertiary/aromatic N) is 2. The average molecular weight is 343 g/mol. The van der Waals surface area contributed by atoms with Crippen LogP contribution in [0.4, 0.5) is 0 Å². The van der Waals surface area contributed by atoms with Gasteiger partial charge in [0, 0.05) is 38.4 Å². The maximum absolute atomic E-state index is 4.15. The van der Waals surface area contributed by atoms with Crippen LogP contribution in [0, 0.1) is 0 Å². The maximum Gasteiger partial charge on any atom is 0.106 e. The van der Waals surface area contributed by atoms with Crippen molar-refractivity contribution in [1.82, 2.24) is 15.2 Å². The molecule has 6 heteroatoms. The number of piperazine rings is 1. The molecule has 1 saturated heterocycles. The van der Waals surface area contributed by atoms with Gasteiger partial charge in [-0.2, -0.15) is 0 Å². The van der Waals surface area contributed by atoms with Crippen molar-refractivity contribution < 1.29 is 0 Å². The molecule has 98 valence electrons. The second-order valence-electron chi connectivity index (χ2n) is 3.87. The SMILES string of the molecule is C[C@@H](c1ccnc(Br)c1)N1CCNCC1.Cl.Cl. The van der Waals surface area contributed by atoms with Gasteiger partial charge in [0.05, 0.1) is 0 Å². The lowest BCUT2D eigenvalue weighted by Crippen LogP contribution is -2.44. The maximum atomic E-state index is 4.15. The van der Waals surface area contributed by atoms with E-state index < -0.39 is 0 Å². The summed E-state index contributed by atoms with van der Waals surface area (Å²) in [5.41, 5.74) is 1.33. The molecule has 1 aliphatic rings. The Hall–Kier alpha value is 0.130. The van der Waals surface area contributed by atoms with Crippen LogP contribution < -0.4 is 5.32 Å². The van der Waals surface area contributed by atoms with Crippen molar-refractivity contribution in [2.24, 2.45) is 0 Å². The molecule has 0 aromatic carbocycles. The number of aromatic nitrogens is 1. The standard InChI is InChI=1S/C11H16BrN3.2ClH/c1-9(15-6-4-13-5-7-15)10-2-3-14-11(12)8-10;;/h2-3,8-9,13H,4-7H2,1H3;2*1H/t9-;;/m0../s1. The molecule has 0 radical (unpaired) electrons. The van der Waals surface area contributed by atoms with Gasteiger partial charge >= 0.3 is 0 Å². The first kappa shape index (κ1) is 17.1. The van der Waals surface area contributed by atoms with E-state index in [4.69, 9.17) is 0 Å². The molecule has 1 N–H and O–H groups in total. The third kappa shape index (κ3) is 4.72. The summed E-state index contributed by atoms with van der Waals surface area (Å²) in [5, 5.41) is 3.37. The first-order valence-electron chi connectivity index (χ1n) is 5.33. The van der Waals surface area contributed by atoms with E-state index in [9.17, 15) is 0 Å². The molecule has 2 rings (SSSR count). The topological polar surface area (TPSA) is 28.2 Å². The first-order valence-corrected chi connectivity index (χ1v) is 6.13. The molecule has 0 bridgehead atoms. The molecular formula is C11H18BrCl2N3. The number of nitrogens with one attached hydrogen (secondary N) is 1. The predicted octanol–water partition coefficient (Wildman–Crippen LogP) is 2.65. The summed E-state index contributed by atoms with van der Waals surface area (Å²) in [5.74, 6) is 0. The highest BCUT2D eigenvalue weighted by atomic mass is 79.9. The van der Waals surface area contributed by atoms with E-state index in [1.54, 1.807) is 0 Å². The molecule has 1 atom stereocenters. The monoisotopic (exact) mass is 341 g/mol. The molecule has 1 aromatic rings. The predicted molar refractivity (Wildman–Crippen MR) is 79.3 cm³/mol. The average Bonchev–Trinajstić information content (AvgIpc) is 2.29. The van der Waals surface area contributed by atoms with Gasteiger partial charge in [-0.05, 0) is 40.5 Å². The Morgan fingerprint density at radius 2 is 2.00 bits per heavy atom. The number of hydrogen-bond acceptors (Lipinski definition) is 3. The quantitative estimate of drug-likeness (QED) is 0.837. The molecule has 1 aliphatic heterocycles. The number of hydrogen-bond donors (Lipinski definition) is 1. The number of rotatable bonds is 2. The molecule has 0 unspecified atom stereocenters. The Balaban J connectivity index is 0.00000128. The Bertz CT molecular complexity index is 332. The lowest BCUT2D eigenvalue weighted by molar-refractivity contribution is 0.185. The number of pyridine rings is 1. The minimum absolute atomic E-state index is 0. The third-order valence-corrected chi connectivity index (χ3v) is 3.37. The lowest BCUT2D eigenvalue weighted by Gasteiger charge is -2.33. The van der Waals surface area contributed by atoms with Crippen LogP contribution in [0.3, 0.4) is 0 Å². The van der Waals surface area contributed by atoms with Crippen LogP contribution in [0.2, 0.25) is 0 Å². The zero-order valence-electron chi connectivity index (χ0n) is 9.73. The summed E-state index contributed by atoms with van der Waals surface area (Å²) in [6, 6.07) is 4.68. The van der Waals surface area contributed by atoms with Gasteiger partial charge in [0.2, 0.25) is 0 Å². The van der Waals surface area contributed by atoms with Crippen molar-refractivity contribution in [2.75, 3.05) is 26.2 Å². The Labute approximate surface area is 123 Å². The van der Waals surface area contributed by atoms with Gasteiger partial charge in [0.1, 0.15) is 4.60 Å². The van der Waals surface area contributed by atoms with Gasteiger partial charge < -0.3 is 5.32 Å². The molecule has 1 fully saturated rings. The molecule has 2 heterocycles. The van der Waals surface area contributed by atoms with E-state index >= 15 is 0 Å². The van der Waals surface area contributed by atoms with Crippen molar-refractivity contribution >= 4 is 40.7 Å². The van der Waals surface area contributed by atoms with Gasteiger partial charge in [-0.25, -0.2) is 4.98 Å². The van der Waals surface area contributed by atoms with Crippen molar-refractivity contribution in [3.8, 4) is 0 Å². The van der Waals surface area contributed by atoms with Crippen molar-refractivity contribution in [1.29, 1.82) is 0 Å². The third-order valence-electron chi connectivity index (χ3n) is 2.93. The summed E-state index contributed by atoms with van der Waals surface area (Å²) in [6.45, 7) is 6.70. The minimum atomic E-state index is 0. The van der Waals surface area contributed by atoms with Gasteiger partial charge in [-0.1, -0.05) is 0 Å². The van der Waals surface area contributed by atoms with Gasteiger partial charge in [0.15, 0.2) is 0 Å². The summed E-state index contributed by atoms with van der Waals surface area (Å²) < 4.78 is 0.919. The van der Waals surface area contributed by atoms with E-state index in [0.717, 1.165) is 30.8 Å². The van der Waals surface area contributed by atoms with E-state index in [1.165, 1.54) is 5.56 Å². The van der Waals surface area contributed by atoms with E-state index in [1.807, 2.05) is 6.20 Å². The molecule has 0 aliphatic carbocycles. The summed E-state index contributed by atoms with van der Waals surface area (Å²) in [7, 11) is 0. The van der Waals surface area contributed by atoms with Crippen LogP contribution in [-0.4, -0.2) is 36.1 Å².